The first-order chi connectivity index (χ1) is 12.3. The highest BCUT2D eigenvalue weighted by Crippen LogP contribution is 2.38. The van der Waals surface area contributed by atoms with Crippen LogP contribution in [0.5, 0.6) is 17.2 Å². The number of nitrogens with zero attached hydrogens (tertiary/aromatic N) is 1. The predicted molar refractivity (Wildman–Crippen MR) is 108 cm³/mol. The van der Waals surface area contributed by atoms with Crippen LogP contribution in [0.1, 0.15) is 25.8 Å². The van der Waals surface area contributed by atoms with Crippen LogP contribution in [0.4, 0.5) is 0 Å². The van der Waals surface area contributed by atoms with Crippen molar-refractivity contribution >= 4 is 18.3 Å². The van der Waals surface area contributed by atoms with Crippen LogP contribution in [-0.2, 0) is 11.3 Å². The molecule has 27 heavy (non-hydrogen) atoms. The van der Waals surface area contributed by atoms with Gasteiger partial charge in [-0.15, -0.1) is 12.4 Å². The number of likely N-dealkylation sites (tertiary alicyclic amines) is 1. The van der Waals surface area contributed by atoms with Gasteiger partial charge in [0.15, 0.2) is 11.5 Å². The highest BCUT2D eigenvalue weighted by atomic mass is 35.5. The lowest BCUT2D eigenvalue weighted by Crippen LogP contribution is -2.54. The van der Waals surface area contributed by atoms with Crippen LogP contribution < -0.4 is 25.3 Å². The largest absolute Gasteiger partial charge is 0.493 e. The van der Waals surface area contributed by atoms with Gasteiger partial charge in [0.1, 0.15) is 0 Å². The molecule has 0 bridgehead atoms. The summed E-state index contributed by atoms with van der Waals surface area (Å²) in [7, 11) is 4.71. The maximum Gasteiger partial charge on any atom is 0.234 e. The Bertz CT molecular complexity index is 614. The van der Waals surface area contributed by atoms with E-state index in [2.05, 4.69) is 24.1 Å². The van der Waals surface area contributed by atoms with Crippen LogP contribution in [0.25, 0.3) is 0 Å². The van der Waals surface area contributed by atoms with E-state index < -0.39 is 0 Å². The van der Waals surface area contributed by atoms with Gasteiger partial charge in [-0.1, -0.05) is 13.8 Å². The number of hydrogen-bond acceptors (Lipinski definition) is 6. The molecule has 3 N–H and O–H groups in total. The number of hydrogen-bond donors (Lipinski definition) is 2. The summed E-state index contributed by atoms with van der Waals surface area (Å²) in [5.74, 6) is 1.67. The molecule has 1 unspecified atom stereocenters. The van der Waals surface area contributed by atoms with E-state index in [1.807, 2.05) is 12.1 Å². The topological polar surface area (TPSA) is 86.1 Å². The van der Waals surface area contributed by atoms with E-state index >= 15 is 0 Å². The average molecular weight is 402 g/mol. The summed E-state index contributed by atoms with van der Waals surface area (Å²) < 4.78 is 16.0. The summed E-state index contributed by atoms with van der Waals surface area (Å²) in [5, 5.41) is 2.96. The maximum absolute atomic E-state index is 12.3. The number of ether oxygens (including phenoxy) is 3. The fraction of sp³-hybridized carbons (Fsp3) is 0.632. The lowest BCUT2D eigenvalue weighted by Gasteiger charge is -2.42. The van der Waals surface area contributed by atoms with Crippen LogP contribution in [-0.4, -0.2) is 57.8 Å². The molecule has 1 atom stereocenters. The van der Waals surface area contributed by atoms with Gasteiger partial charge in [0.05, 0.1) is 27.9 Å². The van der Waals surface area contributed by atoms with Gasteiger partial charge in [0, 0.05) is 25.7 Å². The van der Waals surface area contributed by atoms with Gasteiger partial charge >= 0.3 is 0 Å². The molecule has 0 radical (unpaired) electrons. The van der Waals surface area contributed by atoms with Gasteiger partial charge in [-0.2, -0.15) is 0 Å². The Morgan fingerprint density at radius 3 is 2.30 bits per heavy atom. The first kappa shape index (κ1) is 23.3. The number of carbonyl (C=O) groups is 1. The first-order valence-electron chi connectivity index (χ1n) is 8.84. The standard InChI is InChI=1S/C19H31N3O4.ClH/c1-19(2)12-22(7-6-16(19)20)11-17(23)21-10-13-8-14(24-3)18(26-5)15(9-13)25-4;/h8-9,16H,6-7,10-12,20H2,1-5H3,(H,21,23);1H. The fourth-order valence-corrected chi connectivity index (χ4v) is 3.32. The van der Waals surface area contributed by atoms with E-state index in [0.717, 1.165) is 25.1 Å². The van der Waals surface area contributed by atoms with Crippen LogP contribution in [0.2, 0.25) is 0 Å². The molecule has 2 rings (SSSR count). The number of benzene rings is 1. The summed E-state index contributed by atoms with van der Waals surface area (Å²) in [6.07, 6.45) is 0.910. The second kappa shape index (κ2) is 10.0. The number of rotatable bonds is 7. The molecular weight excluding hydrogens is 370 g/mol. The normalized spacial score (nSPS) is 19.0. The average Bonchev–Trinajstić information content (AvgIpc) is 2.61. The molecule has 0 aromatic heterocycles. The van der Waals surface area contributed by atoms with Crippen molar-refractivity contribution in [3.8, 4) is 17.2 Å². The molecule has 0 saturated carbocycles. The number of piperidine rings is 1. The molecule has 1 saturated heterocycles. The van der Waals surface area contributed by atoms with Gasteiger partial charge < -0.3 is 25.3 Å². The molecule has 1 heterocycles. The Hall–Kier alpha value is -1.70. The number of nitrogens with one attached hydrogen (secondary N) is 1. The zero-order chi connectivity index (χ0) is 19.3. The Morgan fingerprint density at radius 2 is 1.81 bits per heavy atom. The smallest absolute Gasteiger partial charge is 0.234 e. The number of nitrogens with two attached hydrogens (primary N) is 1. The van der Waals surface area contributed by atoms with Crippen molar-refractivity contribution < 1.29 is 19.0 Å². The highest BCUT2D eigenvalue weighted by molar-refractivity contribution is 5.85. The summed E-state index contributed by atoms with van der Waals surface area (Å²) >= 11 is 0. The van der Waals surface area contributed by atoms with Crippen molar-refractivity contribution in [1.29, 1.82) is 0 Å². The van der Waals surface area contributed by atoms with Crippen molar-refractivity contribution in [2.24, 2.45) is 11.1 Å². The quantitative estimate of drug-likeness (QED) is 0.724. The lowest BCUT2D eigenvalue weighted by atomic mass is 9.80. The zero-order valence-electron chi connectivity index (χ0n) is 16.8. The lowest BCUT2D eigenvalue weighted by molar-refractivity contribution is -0.123. The van der Waals surface area contributed by atoms with Crippen molar-refractivity contribution in [3.05, 3.63) is 17.7 Å². The molecule has 154 valence electrons. The van der Waals surface area contributed by atoms with Gasteiger partial charge in [-0.3, -0.25) is 9.69 Å². The first-order valence-corrected chi connectivity index (χ1v) is 8.84. The zero-order valence-corrected chi connectivity index (χ0v) is 17.6. The third-order valence-electron chi connectivity index (χ3n) is 4.97. The molecule has 8 heteroatoms. The Morgan fingerprint density at radius 1 is 1.22 bits per heavy atom. The third-order valence-corrected chi connectivity index (χ3v) is 4.97. The summed E-state index contributed by atoms with van der Waals surface area (Å²) in [6, 6.07) is 3.86. The predicted octanol–water partition coefficient (Wildman–Crippen LogP) is 1.81. The maximum atomic E-state index is 12.3. The number of amides is 1. The Labute approximate surface area is 167 Å². The van der Waals surface area contributed by atoms with E-state index in [9.17, 15) is 4.79 Å². The molecular formula is C19H32ClN3O4. The van der Waals surface area contributed by atoms with Gasteiger partial charge in [0.2, 0.25) is 11.7 Å². The van der Waals surface area contributed by atoms with E-state index in [0.29, 0.717) is 30.3 Å². The van der Waals surface area contributed by atoms with Gasteiger partial charge in [-0.25, -0.2) is 0 Å². The number of methoxy groups -OCH3 is 3. The molecule has 0 aliphatic carbocycles. The van der Waals surface area contributed by atoms with Crippen LogP contribution in [0, 0.1) is 5.41 Å². The van der Waals surface area contributed by atoms with Crippen LogP contribution >= 0.6 is 12.4 Å². The molecule has 1 amide bonds. The third kappa shape index (κ3) is 5.89. The Kier molecular flexibility index (Phi) is 8.65. The molecule has 1 aromatic carbocycles. The van der Waals surface area contributed by atoms with Crippen molar-refractivity contribution in [1.82, 2.24) is 10.2 Å². The van der Waals surface area contributed by atoms with E-state index in [1.54, 1.807) is 21.3 Å². The van der Waals surface area contributed by atoms with Gasteiger partial charge in [0.25, 0.3) is 0 Å². The van der Waals surface area contributed by atoms with Crippen LogP contribution in [0.3, 0.4) is 0 Å². The van der Waals surface area contributed by atoms with Crippen LogP contribution in [0.15, 0.2) is 12.1 Å². The minimum absolute atomic E-state index is 0. The molecule has 1 fully saturated rings. The molecule has 7 nitrogen and oxygen atoms in total. The Balaban J connectivity index is 0.00000364. The second-order valence-electron chi connectivity index (χ2n) is 7.40. The van der Waals surface area contributed by atoms with E-state index in [1.165, 1.54) is 0 Å². The van der Waals surface area contributed by atoms with Crippen molar-refractivity contribution in [3.63, 3.8) is 0 Å². The van der Waals surface area contributed by atoms with Crippen molar-refractivity contribution in [2.45, 2.75) is 32.9 Å². The minimum Gasteiger partial charge on any atom is -0.493 e. The van der Waals surface area contributed by atoms with Gasteiger partial charge in [-0.05, 0) is 29.5 Å². The molecule has 1 aliphatic heterocycles. The summed E-state index contributed by atoms with van der Waals surface area (Å²) in [4.78, 5) is 14.5. The van der Waals surface area contributed by atoms with E-state index in [4.69, 9.17) is 19.9 Å². The molecule has 0 spiro atoms. The summed E-state index contributed by atoms with van der Waals surface area (Å²) in [6.45, 7) is 6.75. The monoisotopic (exact) mass is 401 g/mol. The fourth-order valence-electron chi connectivity index (χ4n) is 3.32. The minimum atomic E-state index is -0.00924. The molecule has 1 aromatic rings. The van der Waals surface area contributed by atoms with E-state index in [-0.39, 0.29) is 29.8 Å². The van der Waals surface area contributed by atoms with Crippen molar-refractivity contribution in [2.75, 3.05) is 41.0 Å². The summed E-state index contributed by atoms with van der Waals surface area (Å²) in [5.41, 5.74) is 7.06. The highest BCUT2D eigenvalue weighted by Gasteiger charge is 2.33. The molecule has 1 aliphatic rings. The second-order valence-corrected chi connectivity index (χ2v) is 7.40. The number of carbonyl (C=O) groups excluding carboxylic acids is 1. The SMILES string of the molecule is COc1cc(CNC(=O)CN2CCC(N)C(C)(C)C2)cc(OC)c1OC.Cl. The number of halogens is 1.